The first-order valence-corrected chi connectivity index (χ1v) is 7.58. The standard InChI is InChI=1S/C15H23N3S/c1-3-12-7-5-4-6-10-18(12)15-13(14(16)19)9-8-11(2)17-15/h8-9,12H,3-7,10H2,1-2H3,(H2,16,19). The highest BCUT2D eigenvalue weighted by atomic mass is 32.1. The van der Waals surface area contributed by atoms with Gasteiger partial charge in [0, 0.05) is 18.3 Å². The normalized spacial score (nSPS) is 20.1. The van der Waals surface area contributed by atoms with E-state index in [1.165, 1.54) is 25.7 Å². The van der Waals surface area contributed by atoms with Crippen LogP contribution >= 0.6 is 12.2 Å². The first-order chi connectivity index (χ1) is 9.13. The summed E-state index contributed by atoms with van der Waals surface area (Å²) in [7, 11) is 0. The minimum atomic E-state index is 0.446. The third-order valence-corrected chi connectivity index (χ3v) is 4.12. The number of rotatable bonds is 3. The van der Waals surface area contributed by atoms with Gasteiger partial charge in [0.15, 0.2) is 0 Å². The Kier molecular flexibility index (Phi) is 4.75. The summed E-state index contributed by atoms with van der Waals surface area (Å²) < 4.78 is 0. The molecule has 1 atom stereocenters. The van der Waals surface area contributed by atoms with Gasteiger partial charge in [-0.15, -0.1) is 0 Å². The Morgan fingerprint density at radius 1 is 1.42 bits per heavy atom. The van der Waals surface area contributed by atoms with E-state index < -0.39 is 0 Å². The Balaban J connectivity index is 2.42. The average molecular weight is 277 g/mol. The Hall–Kier alpha value is -1.16. The molecule has 4 heteroatoms. The summed E-state index contributed by atoms with van der Waals surface area (Å²) >= 11 is 5.18. The second kappa shape index (κ2) is 6.33. The van der Waals surface area contributed by atoms with E-state index in [0.717, 1.165) is 30.0 Å². The maximum Gasteiger partial charge on any atom is 0.139 e. The molecule has 3 nitrogen and oxygen atoms in total. The van der Waals surface area contributed by atoms with E-state index in [0.29, 0.717) is 11.0 Å². The number of aromatic nitrogens is 1. The number of pyridine rings is 1. The lowest BCUT2D eigenvalue weighted by atomic mass is 10.1. The SMILES string of the molecule is CCC1CCCCCN1c1nc(C)ccc1C(N)=S. The summed E-state index contributed by atoms with van der Waals surface area (Å²) in [4.78, 5) is 7.59. The quantitative estimate of drug-likeness (QED) is 0.862. The molecule has 0 radical (unpaired) electrons. The fraction of sp³-hybridized carbons (Fsp3) is 0.600. The van der Waals surface area contributed by atoms with E-state index in [1.54, 1.807) is 0 Å². The number of nitrogens with two attached hydrogens (primary N) is 1. The molecule has 104 valence electrons. The van der Waals surface area contributed by atoms with Crippen LogP contribution in [0.1, 0.15) is 50.3 Å². The Labute approximate surface area is 121 Å². The molecule has 0 amide bonds. The minimum Gasteiger partial charge on any atom is -0.389 e. The van der Waals surface area contributed by atoms with Gasteiger partial charge in [-0.25, -0.2) is 4.98 Å². The predicted molar refractivity (Wildman–Crippen MR) is 84.8 cm³/mol. The lowest BCUT2D eigenvalue weighted by Gasteiger charge is -2.32. The van der Waals surface area contributed by atoms with Gasteiger partial charge in [-0.05, 0) is 38.3 Å². The van der Waals surface area contributed by atoms with Crippen LogP contribution in [0.5, 0.6) is 0 Å². The van der Waals surface area contributed by atoms with Crippen LogP contribution in [0.4, 0.5) is 5.82 Å². The molecule has 19 heavy (non-hydrogen) atoms. The van der Waals surface area contributed by atoms with Gasteiger partial charge in [0.25, 0.3) is 0 Å². The number of anilines is 1. The summed E-state index contributed by atoms with van der Waals surface area (Å²) in [6, 6.07) is 4.55. The molecular weight excluding hydrogens is 254 g/mol. The van der Waals surface area contributed by atoms with Crippen molar-refractivity contribution in [2.24, 2.45) is 5.73 Å². The van der Waals surface area contributed by atoms with Gasteiger partial charge in [0.05, 0.1) is 5.56 Å². The molecule has 2 N–H and O–H groups in total. The van der Waals surface area contributed by atoms with Crippen molar-refractivity contribution < 1.29 is 0 Å². The van der Waals surface area contributed by atoms with Crippen molar-refractivity contribution in [3.63, 3.8) is 0 Å². The van der Waals surface area contributed by atoms with Gasteiger partial charge in [0.1, 0.15) is 10.8 Å². The maximum atomic E-state index is 5.86. The van der Waals surface area contributed by atoms with Gasteiger partial charge < -0.3 is 10.6 Å². The van der Waals surface area contributed by atoms with Crippen LogP contribution in [0, 0.1) is 6.92 Å². The lowest BCUT2D eigenvalue weighted by molar-refractivity contribution is 0.551. The fourth-order valence-corrected chi connectivity index (χ4v) is 2.99. The molecule has 2 rings (SSSR count). The molecule has 0 aliphatic carbocycles. The van der Waals surface area contributed by atoms with Crippen LogP contribution in [-0.2, 0) is 0 Å². The van der Waals surface area contributed by atoms with E-state index in [1.807, 2.05) is 19.1 Å². The summed E-state index contributed by atoms with van der Waals surface area (Å²) in [5.41, 5.74) is 7.80. The topological polar surface area (TPSA) is 42.2 Å². The monoisotopic (exact) mass is 277 g/mol. The molecule has 2 heterocycles. The molecule has 0 spiro atoms. The van der Waals surface area contributed by atoms with Gasteiger partial charge in [0.2, 0.25) is 0 Å². The van der Waals surface area contributed by atoms with Gasteiger partial charge in [-0.3, -0.25) is 0 Å². The Bertz CT molecular complexity index is 459. The molecule has 1 aromatic heterocycles. The van der Waals surface area contributed by atoms with Gasteiger partial charge in [-0.2, -0.15) is 0 Å². The van der Waals surface area contributed by atoms with E-state index in [4.69, 9.17) is 22.9 Å². The smallest absolute Gasteiger partial charge is 0.139 e. The summed E-state index contributed by atoms with van der Waals surface area (Å²) in [5, 5.41) is 0. The zero-order valence-corrected chi connectivity index (χ0v) is 12.7. The summed E-state index contributed by atoms with van der Waals surface area (Å²) in [6.45, 7) is 5.33. The van der Waals surface area contributed by atoms with E-state index in [2.05, 4.69) is 11.8 Å². The first-order valence-electron chi connectivity index (χ1n) is 7.17. The van der Waals surface area contributed by atoms with E-state index >= 15 is 0 Å². The number of aryl methyl sites for hydroxylation is 1. The van der Waals surface area contributed by atoms with Crippen LogP contribution in [-0.4, -0.2) is 22.6 Å². The molecule has 1 aliphatic rings. The minimum absolute atomic E-state index is 0.446. The second-order valence-corrected chi connectivity index (χ2v) is 5.73. The van der Waals surface area contributed by atoms with Crippen LogP contribution in [0.2, 0.25) is 0 Å². The molecular formula is C15H23N3S. The molecule has 1 unspecified atom stereocenters. The number of thiocarbonyl (C=S) groups is 1. The van der Waals surface area contributed by atoms with Crippen molar-refractivity contribution in [1.29, 1.82) is 0 Å². The molecule has 0 aromatic carbocycles. The Morgan fingerprint density at radius 2 is 2.21 bits per heavy atom. The van der Waals surface area contributed by atoms with E-state index in [-0.39, 0.29) is 0 Å². The zero-order chi connectivity index (χ0) is 13.8. The van der Waals surface area contributed by atoms with Crippen LogP contribution in [0.3, 0.4) is 0 Å². The number of hydrogen-bond acceptors (Lipinski definition) is 3. The van der Waals surface area contributed by atoms with Crippen molar-refractivity contribution in [2.75, 3.05) is 11.4 Å². The van der Waals surface area contributed by atoms with Crippen molar-refractivity contribution in [3.8, 4) is 0 Å². The van der Waals surface area contributed by atoms with Crippen molar-refractivity contribution in [2.45, 2.75) is 52.0 Å². The van der Waals surface area contributed by atoms with Crippen molar-refractivity contribution in [1.82, 2.24) is 4.98 Å². The van der Waals surface area contributed by atoms with Crippen LogP contribution < -0.4 is 10.6 Å². The summed E-state index contributed by atoms with van der Waals surface area (Å²) in [5.74, 6) is 0.987. The maximum absolute atomic E-state index is 5.86. The number of hydrogen-bond donors (Lipinski definition) is 1. The third-order valence-electron chi connectivity index (χ3n) is 3.90. The molecule has 1 saturated heterocycles. The third kappa shape index (κ3) is 3.24. The fourth-order valence-electron chi connectivity index (χ4n) is 2.83. The molecule has 0 saturated carbocycles. The van der Waals surface area contributed by atoms with Gasteiger partial charge >= 0.3 is 0 Å². The molecule has 1 aliphatic heterocycles. The van der Waals surface area contributed by atoms with Crippen LogP contribution in [0.15, 0.2) is 12.1 Å². The zero-order valence-electron chi connectivity index (χ0n) is 11.9. The highest BCUT2D eigenvalue weighted by molar-refractivity contribution is 7.80. The van der Waals surface area contributed by atoms with E-state index in [9.17, 15) is 0 Å². The first kappa shape index (κ1) is 14.3. The van der Waals surface area contributed by atoms with Gasteiger partial charge in [-0.1, -0.05) is 32.0 Å². The largest absolute Gasteiger partial charge is 0.389 e. The lowest BCUT2D eigenvalue weighted by Crippen LogP contribution is -2.36. The Morgan fingerprint density at radius 3 is 2.89 bits per heavy atom. The van der Waals surface area contributed by atoms with Crippen molar-refractivity contribution >= 4 is 23.0 Å². The van der Waals surface area contributed by atoms with Crippen LogP contribution in [0.25, 0.3) is 0 Å². The molecule has 1 aromatic rings. The highest BCUT2D eigenvalue weighted by Gasteiger charge is 2.23. The summed E-state index contributed by atoms with van der Waals surface area (Å²) in [6.07, 6.45) is 6.22. The van der Waals surface area contributed by atoms with Crippen molar-refractivity contribution in [3.05, 3.63) is 23.4 Å². The average Bonchev–Trinajstić information content (AvgIpc) is 2.63. The number of nitrogens with zero attached hydrogens (tertiary/aromatic N) is 2. The highest BCUT2D eigenvalue weighted by Crippen LogP contribution is 2.27. The predicted octanol–water partition coefficient (Wildman–Crippen LogP) is 3.18. The second-order valence-electron chi connectivity index (χ2n) is 5.29. The molecule has 1 fully saturated rings. The molecule has 0 bridgehead atoms.